The first-order valence-electron chi connectivity index (χ1n) is 6.39. The van der Waals surface area contributed by atoms with Gasteiger partial charge in [0.15, 0.2) is 0 Å². The second-order valence-electron chi connectivity index (χ2n) is 5.10. The summed E-state index contributed by atoms with van der Waals surface area (Å²) in [6.45, 7) is 0. The largest absolute Gasteiger partial charge is 0.416 e. The van der Waals surface area contributed by atoms with Gasteiger partial charge in [-0.25, -0.2) is 0 Å². The standard InChI is InChI=1S/C14H18F3N/c15-14(16,17)12-7-5-10(6-8-12)11-3-1-2-4-13(18)9-11/h5-8,11,13H,1-4,9,18H2. The summed E-state index contributed by atoms with van der Waals surface area (Å²) < 4.78 is 37.4. The zero-order valence-electron chi connectivity index (χ0n) is 10.2. The lowest BCUT2D eigenvalue weighted by Gasteiger charge is -2.18. The van der Waals surface area contributed by atoms with E-state index in [1.54, 1.807) is 12.1 Å². The molecule has 0 aromatic heterocycles. The molecule has 2 atom stereocenters. The maximum Gasteiger partial charge on any atom is 0.416 e. The molecule has 1 fully saturated rings. The Morgan fingerprint density at radius 2 is 1.61 bits per heavy atom. The third-order valence-electron chi connectivity index (χ3n) is 3.67. The Balaban J connectivity index is 2.13. The highest BCUT2D eigenvalue weighted by Crippen LogP contribution is 2.34. The second-order valence-corrected chi connectivity index (χ2v) is 5.10. The average Bonchev–Trinajstić information content (AvgIpc) is 2.53. The van der Waals surface area contributed by atoms with Crippen LogP contribution in [0.25, 0.3) is 0 Å². The predicted octanol–water partition coefficient (Wildman–Crippen LogP) is 4.08. The monoisotopic (exact) mass is 257 g/mol. The first-order chi connectivity index (χ1) is 8.47. The third kappa shape index (κ3) is 3.25. The lowest BCUT2D eigenvalue weighted by molar-refractivity contribution is -0.137. The Labute approximate surface area is 105 Å². The second kappa shape index (κ2) is 5.31. The van der Waals surface area contributed by atoms with Gasteiger partial charge in [-0.1, -0.05) is 25.0 Å². The van der Waals surface area contributed by atoms with E-state index in [1.807, 2.05) is 0 Å². The van der Waals surface area contributed by atoms with E-state index >= 15 is 0 Å². The first kappa shape index (κ1) is 13.4. The summed E-state index contributed by atoms with van der Waals surface area (Å²) >= 11 is 0. The Kier molecular flexibility index (Phi) is 3.95. The van der Waals surface area contributed by atoms with E-state index in [1.165, 1.54) is 12.1 Å². The molecule has 0 saturated heterocycles. The number of rotatable bonds is 1. The number of halogens is 3. The molecule has 0 amide bonds. The average molecular weight is 257 g/mol. The molecule has 0 heterocycles. The van der Waals surface area contributed by atoms with Gasteiger partial charge < -0.3 is 5.73 Å². The smallest absolute Gasteiger partial charge is 0.328 e. The lowest BCUT2D eigenvalue weighted by atomic mass is 9.90. The fraction of sp³-hybridized carbons (Fsp3) is 0.571. The minimum absolute atomic E-state index is 0.180. The van der Waals surface area contributed by atoms with Crippen molar-refractivity contribution in [1.29, 1.82) is 0 Å². The number of hydrogen-bond acceptors (Lipinski definition) is 1. The Morgan fingerprint density at radius 3 is 2.22 bits per heavy atom. The van der Waals surface area contributed by atoms with Crippen molar-refractivity contribution in [2.75, 3.05) is 0 Å². The summed E-state index contributed by atoms with van der Waals surface area (Å²) in [7, 11) is 0. The maximum atomic E-state index is 12.5. The van der Waals surface area contributed by atoms with Crippen LogP contribution in [-0.4, -0.2) is 6.04 Å². The number of benzene rings is 1. The fourth-order valence-electron chi connectivity index (χ4n) is 2.65. The first-order valence-corrected chi connectivity index (χ1v) is 6.39. The molecule has 2 unspecified atom stereocenters. The van der Waals surface area contributed by atoms with Crippen LogP contribution in [0.1, 0.15) is 49.1 Å². The zero-order chi connectivity index (χ0) is 13.2. The van der Waals surface area contributed by atoms with Crippen molar-refractivity contribution in [3.63, 3.8) is 0 Å². The quantitative estimate of drug-likeness (QED) is 0.754. The maximum absolute atomic E-state index is 12.5. The van der Waals surface area contributed by atoms with Gasteiger partial charge in [-0.2, -0.15) is 13.2 Å². The molecule has 0 bridgehead atoms. The van der Waals surface area contributed by atoms with Crippen LogP contribution < -0.4 is 5.73 Å². The Bertz CT molecular complexity index is 383. The molecule has 1 aliphatic rings. The summed E-state index contributed by atoms with van der Waals surface area (Å²) in [4.78, 5) is 0. The van der Waals surface area contributed by atoms with Crippen LogP contribution in [0, 0.1) is 0 Å². The molecule has 100 valence electrons. The van der Waals surface area contributed by atoms with Gasteiger partial charge in [-0.05, 0) is 42.9 Å². The Hall–Kier alpha value is -1.03. The molecule has 0 spiro atoms. The highest BCUT2D eigenvalue weighted by molar-refractivity contribution is 5.27. The van der Waals surface area contributed by atoms with E-state index in [0.29, 0.717) is 5.92 Å². The third-order valence-corrected chi connectivity index (χ3v) is 3.67. The Morgan fingerprint density at radius 1 is 1.00 bits per heavy atom. The van der Waals surface area contributed by atoms with Crippen LogP contribution in [0.2, 0.25) is 0 Å². The molecule has 1 aromatic carbocycles. The summed E-state index contributed by atoms with van der Waals surface area (Å²) in [6.07, 6.45) is 0.914. The van der Waals surface area contributed by atoms with Crippen LogP contribution in [0.3, 0.4) is 0 Å². The van der Waals surface area contributed by atoms with Crippen molar-refractivity contribution >= 4 is 0 Å². The van der Waals surface area contributed by atoms with Gasteiger partial charge in [0.25, 0.3) is 0 Å². The van der Waals surface area contributed by atoms with Gasteiger partial charge in [-0.3, -0.25) is 0 Å². The fourth-order valence-corrected chi connectivity index (χ4v) is 2.65. The minimum atomic E-state index is -4.25. The molecule has 1 aliphatic carbocycles. The summed E-state index contributed by atoms with van der Waals surface area (Å²) in [5.41, 5.74) is 6.39. The lowest BCUT2D eigenvalue weighted by Crippen LogP contribution is -2.20. The topological polar surface area (TPSA) is 26.0 Å². The van der Waals surface area contributed by atoms with Crippen molar-refractivity contribution in [2.45, 2.75) is 50.2 Å². The van der Waals surface area contributed by atoms with Crippen molar-refractivity contribution in [3.05, 3.63) is 35.4 Å². The van der Waals surface area contributed by atoms with E-state index in [9.17, 15) is 13.2 Å². The van der Waals surface area contributed by atoms with Crippen LogP contribution >= 0.6 is 0 Å². The molecule has 2 rings (SSSR count). The van der Waals surface area contributed by atoms with Gasteiger partial charge >= 0.3 is 6.18 Å². The van der Waals surface area contributed by atoms with Crippen LogP contribution in [-0.2, 0) is 6.18 Å². The van der Waals surface area contributed by atoms with Crippen molar-refractivity contribution in [2.24, 2.45) is 5.73 Å². The molecule has 0 aliphatic heterocycles. The van der Waals surface area contributed by atoms with E-state index in [4.69, 9.17) is 5.73 Å². The molecular formula is C14H18F3N. The number of alkyl halides is 3. The van der Waals surface area contributed by atoms with Crippen LogP contribution in [0.15, 0.2) is 24.3 Å². The molecule has 1 aromatic rings. The van der Waals surface area contributed by atoms with E-state index < -0.39 is 11.7 Å². The molecule has 1 nitrogen and oxygen atoms in total. The minimum Gasteiger partial charge on any atom is -0.328 e. The normalized spacial score (nSPS) is 25.8. The highest BCUT2D eigenvalue weighted by atomic mass is 19.4. The molecular weight excluding hydrogens is 239 g/mol. The van der Waals surface area contributed by atoms with Crippen molar-refractivity contribution in [3.8, 4) is 0 Å². The molecule has 0 radical (unpaired) electrons. The van der Waals surface area contributed by atoms with Gasteiger partial charge in [0.1, 0.15) is 0 Å². The van der Waals surface area contributed by atoms with Gasteiger partial charge in [-0.15, -0.1) is 0 Å². The zero-order valence-corrected chi connectivity index (χ0v) is 10.2. The molecule has 4 heteroatoms. The van der Waals surface area contributed by atoms with Crippen LogP contribution in [0.5, 0.6) is 0 Å². The predicted molar refractivity (Wildman–Crippen MR) is 65.2 cm³/mol. The molecule has 18 heavy (non-hydrogen) atoms. The SMILES string of the molecule is NC1CCCCC(c2ccc(C(F)(F)F)cc2)C1. The number of hydrogen-bond donors (Lipinski definition) is 1. The van der Waals surface area contributed by atoms with E-state index in [2.05, 4.69) is 0 Å². The number of nitrogens with two attached hydrogens (primary N) is 1. The van der Waals surface area contributed by atoms with Gasteiger partial charge in [0.2, 0.25) is 0 Å². The van der Waals surface area contributed by atoms with Crippen molar-refractivity contribution < 1.29 is 13.2 Å². The summed E-state index contributed by atoms with van der Waals surface area (Å²) in [5.74, 6) is 0.310. The van der Waals surface area contributed by atoms with Crippen molar-refractivity contribution in [1.82, 2.24) is 0 Å². The highest BCUT2D eigenvalue weighted by Gasteiger charge is 2.30. The van der Waals surface area contributed by atoms with Gasteiger partial charge in [0.05, 0.1) is 5.56 Å². The summed E-state index contributed by atoms with van der Waals surface area (Å²) in [6, 6.07) is 5.73. The van der Waals surface area contributed by atoms with E-state index in [0.717, 1.165) is 37.7 Å². The summed E-state index contributed by atoms with van der Waals surface area (Å²) in [5, 5.41) is 0. The van der Waals surface area contributed by atoms with Gasteiger partial charge in [0, 0.05) is 6.04 Å². The molecule has 2 N–H and O–H groups in total. The molecule has 1 saturated carbocycles. The van der Waals surface area contributed by atoms with Crippen LogP contribution in [0.4, 0.5) is 13.2 Å². The van der Waals surface area contributed by atoms with E-state index in [-0.39, 0.29) is 6.04 Å².